The molecule has 0 N–H and O–H groups in total. The molecular formula is C12H11F3N2O2S. The van der Waals surface area contributed by atoms with Crippen molar-refractivity contribution in [2.75, 3.05) is 6.61 Å². The van der Waals surface area contributed by atoms with Crippen LogP contribution in [-0.4, -0.2) is 22.4 Å². The number of ether oxygens (including phenoxy) is 1. The SMILES string of the molecule is CCOC(=O)c1ccc(-c2cc(C(F)(F)F)nn2C)s1. The minimum absolute atomic E-state index is 0.246. The molecule has 0 fully saturated rings. The Balaban J connectivity index is 2.33. The Morgan fingerprint density at radius 3 is 2.70 bits per heavy atom. The second-order valence-corrected chi connectivity index (χ2v) is 5.00. The van der Waals surface area contributed by atoms with Crippen molar-refractivity contribution in [1.29, 1.82) is 0 Å². The van der Waals surface area contributed by atoms with Gasteiger partial charge in [-0.15, -0.1) is 11.3 Å². The Hall–Kier alpha value is -1.83. The summed E-state index contributed by atoms with van der Waals surface area (Å²) < 4.78 is 43.7. The molecule has 2 aromatic rings. The zero-order valence-corrected chi connectivity index (χ0v) is 11.5. The van der Waals surface area contributed by atoms with Gasteiger partial charge in [-0.3, -0.25) is 4.68 Å². The Labute approximate surface area is 116 Å². The van der Waals surface area contributed by atoms with Crippen LogP contribution in [0.5, 0.6) is 0 Å². The largest absolute Gasteiger partial charge is 0.462 e. The number of hydrogen-bond acceptors (Lipinski definition) is 4. The first kappa shape index (κ1) is 14.6. The predicted molar refractivity (Wildman–Crippen MR) is 67.5 cm³/mol. The molecule has 108 valence electrons. The van der Waals surface area contributed by atoms with E-state index in [2.05, 4.69) is 5.10 Å². The summed E-state index contributed by atoms with van der Waals surface area (Å²) in [7, 11) is 1.42. The molecule has 2 heterocycles. The highest BCUT2D eigenvalue weighted by atomic mass is 32.1. The molecule has 0 aliphatic rings. The minimum Gasteiger partial charge on any atom is -0.462 e. The highest BCUT2D eigenvalue weighted by Gasteiger charge is 2.34. The first-order valence-electron chi connectivity index (χ1n) is 5.71. The lowest BCUT2D eigenvalue weighted by Crippen LogP contribution is -2.06. The maximum Gasteiger partial charge on any atom is 0.435 e. The summed E-state index contributed by atoms with van der Waals surface area (Å²) in [6, 6.07) is 4.06. The monoisotopic (exact) mass is 304 g/mol. The molecule has 0 unspecified atom stereocenters. The molecular weight excluding hydrogens is 293 g/mol. The van der Waals surface area contributed by atoms with Crippen LogP contribution in [0.25, 0.3) is 10.6 Å². The molecule has 0 atom stereocenters. The molecule has 2 rings (SSSR count). The van der Waals surface area contributed by atoms with Crippen molar-refractivity contribution in [3.8, 4) is 10.6 Å². The van der Waals surface area contributed by atoms with E-state index in [0.717, 1.165) is 22.1 Å². The standard InChI is InChI=1S/C12H11F3N2O2S/c1-3-19-11(18)9-5-4-8(20-9)7-6-10(12(13,14)15)16-17(7)2/h4-6H,3H2,1-2H3. The van der Waals surface area contributed by atoms with Crippen LogP contribution in [-0.2, 0) is 18.0 Å². The fourth-order valence-electron chi connectivity index (χ4n) is 1.62. The second-order valence-electron chi connectivity index (χ2n) is 3.92. The van der Waals surface area contributed by atoms with Crippen molar-refractivity contribution in [1.82, 2.24) is 9.78 Å². The van der Waals surface area contributed by atoms with Crippen LogP contribution in [0.4, 0.5) is 13.2 Å². The molecule has 2 aromatic heterocycles. The first-order valence-corrected chi connectivity index (χ1v) is 6.53. The summed E-state index contributed by atoms with van der Waals surface area (Å²) in [5.41, 5.74) is -0.654. The molecule has 4 nitrogen and oxygen atoms in total. The third-order valence-electron chi connectivity index (χ3n) is 2.51. The second kappa shape index (κ2) is 5.28. The molecule has 8 heteroatoms. The van der Waals surface area contributed by atoms with Gasteiger partial charge in [-0.1, -0.05) is 0 Å². The first-order chi connectivity index (χ1) is 9.32. The molecule has 0 saturated heterocycles. The van der Waals surface area contributed by atoms with Gasteiger partial charge in [0.1, 0.15) is 4.88 Å². The van der Waals surface area contributed by atoms with Crippen molar-refractivity contribution in [3.63, 3.8) is 0 Å². The quantitative estimate of drug-likeness (QED) is 0.817. The van der Waals surface area contributed by atoms with Gasteiger partial charge < -0.3 is 4.74 Å². The number of alkyl halides is 3. The van der Waals surface area contributed by atoms with Crippen molar-refractivity contribution >= 4 is 17.3 Å². The van der Waals surface area contributed by atoms with Crippen molar-refractivity contribution in [3.05, 3.63) is 28.8 Å². The van der Waals surface area contributed by atoms with Gasteiger partial charge in [0.15, 0.2) is 5.69 Å². The number of thiophene rings is 1. The topological polar surface area (TPSA) is 44.1 Å². The van der Waals surface area contributed by atoms with Gasteiger partial charge in [-0.2, -0.15) is 18.3 Å². The van der Waals surface area contributed by atoms with Gasteiger partial charge in [-0.05, 0) is 25.1 Å². The van der Waals surface area contributed by atoms with E-state index in [1.54, 1.807) is 13.0 Å². The molecule has 0 spiro atoms. The summed E-state index contributed by atoms with van der Waals surface area (Å²) >= 11 is 1.07. The zero-order valence-electron chi connectivity index (χ0n) is 10.7. The van der Waals surface area contributed by atoms with E-state index in [1.165, 1.54) is 13.1 Å². The fourth-order valence-corrected chi connectivity index (χ4v) is 2.57. The van der Waals surface area contributed by atoms with Crippen LogP contribution in [0, 0.1) is 0 Å². The number of nitrogens with zero attached hydrogens (tertiary/aromatic N) is 2. The van der Waals surface area contributed by atoms with Gasteiger partial charge in [0, 0.05) is 7.05 Å². The lowest BCUT2D eigenvalue weighted by Gasteiger charge is -1.99. The molecule has 0 aromatic carbocycles. The summed E-state index contributed by atoms with van der Waals surface area (Å²) in [6.07, 6.45) is -4.49. The average Bonchev–Trinajstić information content (AvgIpc) is 2.94. The summed E-state index contributed by atoms with van der Waals surface area (Å²) in [5.74, 6) is -0.484. The van der Waals surface area contributed by atoms with E-state index >= 15 is 0 Å². The molecule has 0 bridgehead atoms. The zero-order chi connectivity index (χ0) is 14.9. The number of rotatable bonds is 3. The number of hydrogen-bond donors (Lipinski definition) is 0. The van der Waals surface area contributed by atoms with Gasteiger partial charge in [0.2, 0.25) is 0 Å². The van der Waals surface area contributed by atoms with Crippen molar-refractivity contribution in [2.45, 2.75) is 13.1 Å². The number of aryl methyl sites for hydroxylation is 1. The van der Waals surface area contributed by atoms with Crippen LogP contribution < -0.4 is 0 Å². The Bertz CT molecular complexity index is 631. The lowest BCUT2D eigenvalue weighted by atomic mass is 10.3. The summed E-state index contributed by atoms with van der Waals surface area (Å²) in [4.78, 5) is 12.4. The molecule has 0 amide bonds. The lowest BCUT2D eigenvalue weighted by molar-refractivity contribution is -0.141. The third kappa shape index (κ3) is 2.84. The van der Waals surface area contributed by atoms with Crippen LogP contribution in [0.2, 0.25) is 0 Å². The summed E-state index contributed by atoms with van der Waals surface area (Å²) in [6.45, 7) is 1.93. The number of esters is 1. The maximum absolute atomic E-state index is 12.6. The number of carbonyl (C=O) groups is 1. The van der Waals surface area contributed by atoms with E-state index in [9.17, 15) is 18.0 Å². The predicted octanol–water partition coefficient (Wildman–Crippen LogP) is 3.34. The Kier molecular flexibility index (Phi) is 3.85. The van der Waals surface area contributed by atoms with E-state index in [-0.39, 0.29) is 6.61 Å². The summed E-state index contributed by atoms with van der Waals surface area (Å²) in [5, 5.41) is 3.43. The fraction of sp³-hybridized carbons (Fsp3) is 0.333. The van der Waals surface area contributed by atoms with Crippen LogP contribution in [0.15, 0.2) is 18.2 Å². The Morgan fingerprint density at radius 1 is 1.45 bits per heavy atom. The minimum atomic E-state index is -4.49. The Morgan fingerprint density at radius 2 is 2.15 bits per heavy atom. The van der Waals surface area contributed by atoms with E-state index in [4.69, 9.17) is 4.74 Å². The number of aromatic nitrogens is 2. The molecule has 20 heavy (non-hydrogen) atoms. The number of carbonyl (C=O) groups excluding carboxylic acids is 1. The smallest absolute Gasteiger partial charge is 0.435 e. The number of halogens is 3. The van der Waals surface area contributed by atoms with Crippen LogP contribution in [0.3, 0.4) is 0 Å². The highest BCUT2D eigenvalue weighted by molar-refractivity contribution is 7.17. The van der Waals surface area contributed by atoms with Gasteiger partial charge in [0.05, 0.1) is 17.2 Å². The van der Waals surface area contributed by atoms with Crippen LogP contribution >= 0.6 is 11.3 Å². The maximum atomic E-state index is 12.6. The highest BCUT2D eigenvalue weighted by Crippen LogP contribution is 2.34. The van der Waals surface area contributed by atoms with E-state index in [1.807, 2.05) is 0 Å². The van der Waals surface area contributed by atoms with Gasteiger partial charge in [-0.25, -0.2) is 4.79 Å². The molecule has 0 aliphatic carbocycles. The molecule has 0 aliphatic heterocycles. The van der Waals surface area contributed by atoms with E-state index in [0.29, 0.717) is 15.4 Å². The van der Waals surface area contributed by atoms with Crippen LogP contribution in [0.1, 0.15) is 22.3 Å². The van der Waals surface area contributed by atoms with E-state index < -0.39 is 17.8 Å². The average molecular weight is 304 g/mol. The van der Waals surface area contributed by atoms with Gasteiger partial charge in [0.25, 0.3) is 0 Å². The molecule has 0 saturated carbocycles. The van der Waals surface area contributed by atoms with Crippen molar-refractivity contribution in [2.24, 2.45) is 7.05 Å². The molecule has 0 radical (unpaired) electrons. The van der Waals surface area contributed by atoms with Gasteiger partial charge >= 0.3 is 12.1 Å². The van der Waals surface area contributed by atoms with Crippen molar-refractivity contribution < 1.29 is 22.7 Å². The third-order valence-corrected chi connectivity index (χ3v) is 3.59. The normalized spacial score (nSPS) is 11.7.